The molecule has 152 valence electrons. The molecule has 1 fully saturated rings. The van der Waals surface area contributed by atoms with E-state index in [1.165, 1.54) is 27.7 Å². The number of nitrogens with zero attached hydrogens (tertiary/aromatic N) is 4. The van der Waals surface area contributed by atoms with E-state index in [-0.39, 0.29) is 17.7 Å². The Morgan fingerprint density at radius 1 is 1.21 bits per heavy atom. The average molecular weight is 416 g/mol. The van der Waals surface area contributed by atoms with Crippen molar-refractivity contribution in [2.75, 3.05) is 18.4 Å². The first kappa shape index (κ1) is 20.6. The molecular weight excluding hydrogens is 394 g/mol. The zero-order chi connectivity index (χ0) is 21.1. The predicted octanol–water partition coefficient (Wildman–Crippen LogP) is 2.64. The van der Waals surface area contributed by atoms with E-state index in [4.69, 9.17) is 11.6 Å². The molecule has 0 aliphatic carbocycles. The summed E-state index contributed by atoms with van der Waals surface area (Å²) in [5.41, 5.74) is 2.31. The van der Waals surface area contributed by atoms with Crippen LogP contribution < -0.4 is 5.32 Å². The fraction of sp³-hybridized carbons (Fsp3) is 0.300. The summed E-state index contributed by atoms with van der Waals surface area (Å²) in [5, 5.41) is 10.2. The monoisotopic (exact) mass is 415 g/mol. The van der Waals surface area contributed by atoms with Crippen molar-refractivity contribution in [3.05, 3.63) is 52.3 Å². The molecule has 2 heterocycles. The van der Waals surface area contributed by atoms with E-state index in [2.05, 4.69) is 10.4 Å². The van der Waals surface area contributed by atoms with E-state index in [9.17, 15) is 14.4 Å². The Kier molecular flexibility index (Phi) is 6.03. The lowest BCUT2D eigenvalue weighted by Crippen LogP contribution is -2.44. The Morgan fingerprint density at radius 3 is 2.59 bits per heavy atom. The largest absolute Gasteiger partial charge is 0.326 e. The number of aromatic nitrogens is 2. The highest BCUT2D eigenvalue weighted by Gasteiger charge is 2.30. The van der Waals surface area contributed by atoms with Gasteiger partial charge in [0.2, 0.25) is 5.91 Å². The van der Waals surface area contributed by atoms with Crippen molar-refractivity contribution in [1.29, 1.82) is 0 Å². The molecule has 0 radical (unpaired) electrons. The summed E-state index contributed by atoms with van der Waals surface area (Å²) in [6.07, 6.45) is 3.70. The van der Waals surface area contributed by atoms with Crippen molar-refractivity contribution in [2.45, 2.75) is 20.3 Å². The first-order valence-electron chi connectivity index (χ1n) is 9.16. The highest BCUT2D eigenvalue weighted by Crippen LogP contribution is 2.22. The molecular formula is C20H22ClN5O3. The topological polar surface area (TPSA) is 87.5 Å². The van der Waals surface area contributed by atoms with Gasteiger partial charge in [-0.05, 0) is 37.6 Å². The second-order valence-electron chi connectivity index (χ2n) is 6.75. The summed E-state index contributed by atoms with van der Waals surface area (Å²) in [4.78, 5) is 36.9. The van der Waals surface area contributed by atoms with Crippen LogP contribution in [0, 0.1) is 6.92 Å². The van der Waals surface area contributed by atoms with Crippen molar-refractivity contribution in [2.24, 2.45) is 7.05 Å². The lowest BCUT2D eigenvalue weighted by atomic mass is 10.2. The molecule has 9 heteroatoms. The molecule has 1 N–H and O–H groups in total. The number of anilines is 1. The maximum atomic E-state index is 12.9. The molecule has 2 aromatic rings. The number of hydrogen-bond acceptors (Lipinski definition) is 4. The number of rotatable bonds is 4. The summed E-state index contributed by atoms with van der Waals surface area (Å²) in [6, 6.07) is 6.64. The minimum atomic E-state index is -0.312. The number of aryl methyl sites for hydroxylation is 2. The van der Waals surface area contributed by atoms with Crippen LogP contribution in [0.4, 0.5) is 5.69 Å². The smallest absolute Gasteiger partial charge is 0.272 e. The SMILES string of the molecule is CC(=O)Nc1cccc(C(=O)N2CCCN2C(=O)C=Cc2c(C)nn(C)c2Cl)c1. The second-order valence-corrected chi connectivity index (χ2v) is 7.11. The van der Waals surface area contributed by atoms with Crippen molar-refractivity contribution in [3.63, 3.8) is 0 Å². The van der Waals surface area contributed by atoms with Crippen molar-refractivity contribution in [1.82, 2.24) is 19.8 Å². The average Bonchev–Trinajstić information content (AvgIpc) is 3.24. The summed E-state index contributed by atoms with van der Waals surface area (Å²) in [7, 11) is 1.73. The van der Waals surface area contributed by atoms with Gasteiger partial charge in [-0.2, -0.15) is 5.10 Å². The normalized spacial score (nSPS) is 13.9. The second kappa shape index (κ2) is 8.48. The number of hydrogen-bond donors (Lipinski definition) is 1. The van der Waals surface area contributed by atoms with Crippen LogP contribution in [0.25, 0.3) is 6.08 Å². The molecule has 0 saturated carbocycles. The third kappa shape index (κ3) is 4.48. The van der Waals surface area contributed by atoms with E-state index in [1.54, 1.807) is 37.4 Å². The molecule has 1 aliphatic heterocycles. The summed E-state index contributed by atoms with van der Waals surface area (Å²) >= 11 is 6.20. The molecule has 8 nitrogen and oxygen atoms in total. The third-order valence-corrected chi connectivity index (χ3v) is 4.99. The number of hydrazine groups is 1. The van der Waals surface area contributed by atoms with Crippen LogP contribution in [0.15, 0.2) is 30.3 Å². The van der Waals surface area contributed by atoms with Crippen LogP contribution in [0.5, 0.6) is 0 Å². The van der Waals surface area contributed by atoms with Gasteiger partial charge in [0.25, 0.3) is 11.8 Å². The highest BCUT2D eigenvalue weighted by atomic mass is 35.5. The number of benzene rings is 1. The molecule has 1 saturated heterocycles. The summed E-state index contributed by atoms with van der Waals surface area (Å²) in [6.45, 7) is 4.09. The van der Waals surface area contributed by atoms with Crippen LogP contribution in [0.1, 0.15) is 35.0 Å². The van der Waals surface area contributed by atoms with E-state index in [0.717, 1.165) is 0 Å². The Balaban J connectivity index is 1.77. The quantitative estimate of drug-likeness (QED) is 0.777. The van der Waals surface area contributed by atoms with Crippen LogP contribution in [-0.2, 0) is 16.6 Å². The van der Waals surface area contributed by atoms with E-state index < -0.39 is 0 Å². The van der Waals surface area contributed by atoms with E-state index in [0.29, 0.717) is 47.2 Å². The highest BCUT2D eigenvalue weighted by molar-refractivity contribution is 6.31. The Labute approximate surface area is 173 Å². The molecule has 29 heavy (non-hydrogen) atoms. The Bertz CT molecular complexity index is 998. The number of carbonyl (C=O) groups is 3. The fourth-order valence-electron chi connectivity index (χ4n) is 3.21. The number of carbonyl (C=O) groups excluding carboxylic acids is 3. The van der Waals surface area contributed by atoms with Gasteiger partial charge in [0.15, 0.2) is 0 Å². The maximum absolute atomic E-state index is 12.9. The van der Waals surface area contributed by atoms with Crippen LogP contribution >= 0.6 is 11.6 Å². The minimum Gasteiger partial charge on any atom is -0.326 e. The molecule has 1 aliphatic rings. The van der Waals surface area contributed by atoms with Gasteiger partial charge >= 0.3 is 0 Å². The summed E-state index contributed by atoms with van der Waals surface area (Å²) < 4.78 is 1.54. The van der Waals surface area contributed by atoms with Crippen molar-refractivity contribution < 1.29 is 14.4 Å². The zero-order valence-corrected chi connectivity index (χ0v) is 17.2. The molecule has 0 spiro atoms. The lowest BCUT2D eigenvalue weighted by molar-refractivity contribution is -0.134. The van der Waals surface area contributed by atoms with Crippen molar-refractivity contribution in [3.8, 4) is 0 Å². The summed E-state index contributed by atoms with van der Waals surface area (Å²) in [5.74, 6) is -0.831. The first-order valence-corrected chi connectivity index (χ1v) is 9.54. The van der Waals surface area contributed by atoms with Gasteiger partial charge in [-0.3, -0.25) is 19.1 Å². The lowest BCUT2D eigenvalue weighted by Gasteiger charge is -2.27. The maximum Gasteiger partial charge on any atom is 0.272 e. The Hall–Kier alpha value is -3.13. The van der Waals surface area contributed by atoms with Gasteiger partial charge in [0.1, 0.15) is 5.15 Å². The molecule has 3 amide bonds. The van der Waals surface area contributed by atoms with E-state index >= 15 is 0 Å². The van der Waals surface area contributed by atoms with Gasteiger partial charge in [0.05, 0.1) is 5.69 Å². The standard InChI is InChI=1S/C20H22ClN5O3/c1-13-17(19(21)24(3)23-13)8-9-18(28)25-10-5-11-26(25)20(29)15-6-4-7-16(12-15)22-14(2)27/h4,6-9,12H,5,10-11H2,1-3H3,(H,22,27). The van der Waals surface area contributed by atoms with Crippen LogP contribution in [-0.4, -0.2) is 50.6 Å². The third-order valence-electron chi connectivity index (χ3n) is 4.54. The van der Waals surface area contributed by atoms with Gasteiger partial charge in [-0.1, -0.05) is 17.7 Å². The predicted molar refractivity (Wildman–Crippen MR) is 110 cm³/mol. The van der Waals surface area contributed by atoms with E-state index in [1.807, 2.05) is 6.92 Å². The molecule has 1 aromatic carbocycles. The fourth-order valence-corrected chi connectivity index (χ4v) is 3.45. The van der Waals surface area contributed by atoms with Crippen LogP contribution in [0.3, 0.4) is 0 Å². The minimum absolute atomic E-state index is 0.220. The zero-order valence-electron chi connectivity index (χ0n) is 16.5. The van der Waals surface area contributed by atoms with Gasteiger partial charge in [0, 0.05) is 50.0 Å². The molecule has 1 aromatic heterocycles. The molecule has 3 rings (SSSR count). The molecule has 0 bridgehead atoms. The molecule has 0 atom stereocenters. The number of halogens is 1. The van der Waals surface area contributed by atoms with Crippen molar-refractivity contribution >= 4 is 41.1 Å². The van der Waals surface area contributed by atoms with Gasteiger partial charge < -0.3 is 5.32 Å². The molecule has 0 unspecified atom stereocenters. The van der Waals surface area contributed by atoms with Gasteiger partial charge in [-0.15, -0.1) is 0 Å². The number of amides is 3. The number of nitrogens with one attached hydrogen (secondary N) is 1. The first-order chi connectivity index (χ1) is 13.8. The van der Waals surface area contributed by atoms with Crippen LogP contribution in [0.2, 0.25) is 5.15 Å². The van der Waals surface area contributed by atoms with Gasteiger partial charge in [-0.25, -0.2) is 10.0 Å². The Morgan fingerprint density at radius 2 is 1.93 bits per heavy atom.